The molecule has 0 aliphatic carbocycles. The Labute approximate surface area is 162 Å². The largest absolute Gasteiger partial charge is 0.467 e. The summed E-state index contributed by atoms with van der Waals surface area (Å²) in [6, 6.07) is 11.0. The van der Waals surface area contributed by atoms with Gasteiger partial charge in [-0.05, 0) is 18.2 Å². The average Bonchev–Trinajstić information content (AvgIpc) is 2.68. The van der Waals surface area contributed by atoms with E-state index in [0.717, 1.165) is 53.8 Å². The number of nitro benzene ring substituents is 1. The lowest BCUT2D eigenvalue weighted by Gasteiger charge is -2.36. The predicted octanol–water partition coefficient (Wildman–Crippen LogP) is 3.44. The van der Waals surface area contributed by atoms with Crippen molar-refractivity contribution in [2.24, 2.45) is 0 Å². The molecule has 0 saturated carbocycles. The fourth-order valence-electron chi connectivity index (χ4n) is 3.58. The number of nitrogens with zero attached hydrogens (tertiary/aromatic N) is 3. The number of hydrogen-bond acceptors (Lipinski definition) is 6. The van der Waals surface area contributed by atoms with Crippen molar-refractivity contribution in [3.05, 3.63) is 62.7 Å². The van der Waals surface area contributed by atoms with Crippen LogP contribution in [0.3, 0.4) is 0 Å². The van der Waals surface area contributed by atoms with Crippen LogP contribution in [0.5, 0.6) is 5.75 Å². The third-order valence-corrected chi connectivity index (χ3v) is 5.16. The van der Waals surface area contributed by atoms with Gasteiger partial charge in [0.25, 0.3) is 5.69 Å². The van der Waals surface area contributed by atoms with Crippen molar-refractivity contribution in [3.8, 4) is 5.75 Å². The Morgan fingerprint density at radius 2 is 1.96 bits per heavy atom. The highest BCUT2D eigenvalue weighted by atomic mass is 35.5. The highest BCUT2D eigenvalue weighted by Gasteiger charge is 2.24. The first-order valence-corrected chi connectivity index (χ1v) is 9.21. The van der Waals surface area contributed by atoms with Crippen molar-refractivity contribution in [1.82, 2.24) is 4.90 Å². The van der Waals surface area contributed by atoms with E-state index in [1.165, 1.54) is 6.07 Å². The number of anilines is 1. The minimum absolute atomic E-state index is 0.0791. The first-order chi connectivity index (χ1) is 13.1. The zero-order valence-electron chi connectivity index (χ0n) is 14.8. The number of ether oxygens (including phenoxy) is 2. The zero-order valence-corrected chi connectivity index (χ0v) is 15.5. The van der Waals surface area contributed by atoms with Crippen LogP contribution in [0, 0.1) is 10.1 Å². The molecule has 1 saturated heterocycles. The Morgan fingerprint density at radius 3 is 2.70 bits per heavy atom. The standard InChI is InChI=1S/C19H20ClN3O4/c20-16-2-1-3-17(10-16)22-6-4-21(5-7-22)11-14-8-18(23(24)25)9-15-12-26-13-27-19(14)15/h1-3,8-10H,4-7,11-13H2. The second-order valence-electron chi connectivity index (χ2n) is 6.70. The van der Waals surface area contributed by atoms with E-state index in [1.54, 1.807) is 6.07 Å². The van der Waals surface area contributed by atoms with Gasteiger partial charge in [0, 0.05) is 66.7 Å². The minimum Gasteiger partial charge on any atom is -0.467 e. The van der Waals surface area contributed by atoms with Gasteiger partial charge in [0.05, 0.1) is 11.5 Å². The van der Waals surface area contributed by atoms with Gasteiger partial charge in [-0.25, -0.2) is 0 Å². The molecule has 0 aromatic heterocycles. The van der Waals surface area contributed by atoms with Crippen LogP contribution in [-0.4, -0.2) is 42.8 Å². The van der Waals surface area contributed by atoms with Gasteiger partial charge < -0.3 is 14.4 Å². The normalized spacial score (nSPS) is 17.3. The van der Waals surface area contributed by atoms with E-state index in [1.807, 2.05) is 18.2 Å². The average molecular weight is 390 g/mol. The molecular formula is C19H20ClN3O4. The molecule has 2 aliphatic rings. The number of piperazine rings is 1. The van der Waals surface area contributed by atoms with Crippen molar-refractivity contribution in [2.75, 3.05) is 37.9 Å². The third-order valence-electron chi connectivity index (χ3n) is 4.92. The molecule has 4 rings (SSSR count). The molecule has 2 aromatic carbocycles. The maximum absolute atomic E-state index is 11.3. The lowest BCUT2D eigenvalue weighted by molar-refractivity contribution is -0.385. The van der Waals surface area contributed by atoms with E-state index >= 15 is 0 Å². The molecule has 1 fully saturated rings. The number of hydrogen-bond donors (Lipinski definition) is 0. The van der Waals surface area contributed by atoms with Crippen LogP contribution in [0.1, 0.15) is 11.1 Å². The number of benzene rings is 2. The topological polar surface area (TPSA) is 68.1 Å². The van der Waals surface area contributed by atoms with Crippen LogP contribution in [-0.2, 0) is 17.9 Å². The molecule has 0 unspecified atom stereocenters. The van der Waals surface area contributed by atoms with Crippen LogP contribution in [0.2, 0.25) is 5.02 Å². The number of rotatable bonds is 4. The fourth-order valence-corrected chi connectivity index (χ4v) is 3.77. The molecule has 0 radical (unpaired) electrons. The van der Waals surface area contributed by atoms with E-state index < -0.39 is 0 Å². The highest BCUT2D eigenvalue weighted by Crippen LogP contribution is 2.33. The Hall–Kier alpha value is -2.35. The summed E-state index contributed by atoms with van der Waals surface area (Å²) in [5, 5.41) is 12.0. The monoisotopic (exact) mass is 389 g/mol. The van der Waals surface area contributed by atoms with Crippen molar-refractivity contribution in [1.29, 1.82) is 0 Å². The third kappa shape index (κ3) is 4.00. The van der Waals surface area contributed by atoms with Crippen molar-refractivity contribution in [3.63, 3.8) is 0 Å². The second kappa shape index (κ2) is 7.72. The summed E-state index contributed by atoms with van der Waals surface area (Å²) in [4.78, 5) is 15.5. The Balaban J connectivity index is 1.47. The van der Waals surface area contributed by atoms with E-state index in [2.05, 4.69) is 15.9 Å². The van der Waals surface area contributed by atoms with E-state index in [-0.39, 0.29) is 17.4 Å². The molecule has 0 spiro atoms. The van der Waals surface area contributed by atoms with Gasteiger partial charge in [-0.15, -0.1) is 0 Å². The first kappa shape index (κ1) is 18.0. The fraction of sp³-hybridized carbons (Fsp3) is 0.368. The summed E-state index contributed by atoms with van der Waals surface area (Å²) in [5.74, 6) is 0.726. The lowest BCUT2D eigenvalue weighted by atomic mass is 10.1. The molecule has 2 heterocycles. The maximum Gasteiger partial charge on any atom is 0.270 e. The van der Waals surface area contributed by atoms with Crippen molar-refractivity contribution in [2.45, 2.75) is 13.2 Å². The molecule has 8 heteroatoms. The minimum atomic E-state index is -0.366. The Kier molecular flexibility index (Phi) is 5.15. The maximum atomic E-state index is 11.3. The van der Waals surface area contributed by atoms with E-state index in [0.29, 0.717) is 13.2 Å². The quantitative estimate of drug-likeness (QED) is 0.589. The lowest BCUT2D eigenvalue weighted by Crippen LogP contribution is -2.46. The molecule has 27 heavy (non-hydrogen) atoms. The smallest absolute Gasteiger partial charge is 0.270 e. The van der Waals surface area contributed by atoms with E-state index in [4.69, 9.17) is 21.1 Å². The van der Waals surface area contributed by atoms with Gasteiger partial charge in [-0.3, -0.25) is 15.0 Å². The summed E-state index contributed by atoms with van der Waals surface area (Å²) in [6.07, 6.45) is 0. The van der Waals surface area contributed by atoms with Crippen LogP contribution in [0.4, 0.5) is 11.4 Å². The van der Waals surface area contributed by atoms with E-state index in [9.17, 15) is 10.1 Å². The molecule has 0 amide bonds. The number of halogens is 1. The summed E-state index contributed by atoms with van der Waals surface area (Å²) in [6.45, 7) is 4.62. The summed E-state index contributed by atoms with van der Waals surface area (Å²) >= 11 is 6.09. The van der Waals surface area contributed by atoms with Gasteiger partial charge in [-0.1, -0.05) is 17.7 Å². The predicted molar refractivity (Wildman–Crippen MR) is 102 cm³/mol. The number of fused-ring (bicyclic) bond motifs is 1. The summed E-state index contributed by atoms with van der Waals surface area (Å²) < 4.78 is 10.9. The van der Waals surface area contributed by atoms with Gasteiger partial charge in [0.2, 0.25) is 0 Å². The highest BCUT2D eigenvalue weighted by molar-refractivity contribution is 6.30. The van der Waals surface area contributed by atoms with Gasteiger partial charge in [0.15, 0.2) is 6.79 Å². The zero-order chi connectivity index (χ0) is 18.8. The molecular weight excluding hydrogens is 370 g/mol. The number of nitro groups is 1. The Bertz CT molecular complexity index is 853. The SMILES string of the molecule is O=[N+]([O-])c1cc2c(c(CN3CCN(c4cccc(Cl)c4)CC3)c1)OCOC2. The first-order valence-electron chi connectivity index (χ1n) is 8.84. The van der Waals surface area contributed by atoms with Crippen LogP contribution >= 0.6 is 11.6 Å². The van der Waals surface area contributed by atoms with Crippen LogP contribution in [0.15, 0.2) is 36.4 Å². The van der Waals surface area contributed by atoms with Crippen LogP contribution < -0.4 is 9.64 Å². The molecule has 2 aliphatic heterocycles. The van der Waals surface area contributed by atoms with Gasteiger partial charge in [0.1, 0.15) is 5.75 Å². The van der Waals surface area contributed by atoms with Crippen LogP contribution in [0.25, 0.3) is 0 Å². The molecule has 0 N–H and O–H groups in total. The van der Waals surface area contributed by atoms with Gasteiger partial charge >= 0.3 is 0 Å². The van der Waals surface area contributed by atoms with Gasteiger partial charge in [-0.2, -0.15) is 0 Å². The summed E-state index contributed by atoms with van der Waals surface area (Å²) in [5.41, 5.74) is 2.78. The molecule has 142 valence electrons. The molecule has 7 nitrogen and oxygen atoms in total. The number of non-ortho nitro benzene ring substituents is 1. The molecule has 0 atom stereocenters. The van der Waals surface area contributed by atoms with Crippen molar-refractivity contribution < 1.29 is 14.4 Å². The summed E-state index contributed by atoms with van der Waals surface area (Å²) in [7, 11) is 0. The molecule has 0 bridgehead atoms. The molecule has 2 aromatic rings. The van der Waals surface area contributed by atoms with Crippen molar-refractivity contribution >= 4 is 23.0 Å². The Morgan fingerprint density at radius 1 is 1.15 bits per heavy atom. The second-order valence-corrected chi connectivity index (χ2v) is 7.14.